The number of rotatable bonds is 3. The van der Waals surface area contributed by atoms with E-state index in [2.05, 4.69) is 4.74 Å². The predicted molar refractivity (Wildman–Crippen MR) is 39.3 cm³/mol. The topological polar surface area (TPSA) is 66.8 Å². The molecule has 0 aliphatic carbocycles. The predicted octanol–water partition coefficient (Wildman–Crippen LogP) is -0.135. The zero-order chi connectivity index (χ0) is 9.03. The zero-order valence-electron chi connectivity index (χ0n) is 6.10. The average Bonchev–Trinajstić information content (AvgIpc) is 2.06. The minimum atomic E-state index is -2.58. The van der Waals surface area contributed by atoms with Gasteiger partial charge in [0.05, 0.1) is 5.56 Å². The van der Waals surface area contributed by atoms with Crippen molar-refractivity contribution in [2.45, 2.75) is 5.97 Å². The Morgan fingerprint density at radius 2 is 1.83 bits per heavy atom. The van der Waals surface area contributed by atoms with E-state index in [1.165, 1.54) is 12.1 Å². The highest BCUT2D eigenvalue weighted by Crippen LogP contribution is 2.17. The molecule has 12 heavy (non-hydrogen) atoms. The molecule has 4 nitrogen and oxygen atoms in total. The maximum atomic E-state index is 9.73. The van der Waals surface area contributed by atoms with Crippen molar-refractivity contribution >= 4 is 6.47 Å². The van der Waals surface area contributed by atoms with E-state index in [4.69, 9.17) is 10.2 Å². The first-order chi connectivity index (χ1) is 5.67. The number of benzene rings is 1. The highest BCUT2D eigenvalue weighted by atomic mass is 16.8. The second kappa shape index (κ2) is 3.34. The van der Waals surface area contributed by atoms with E-state index in [1.807, 2.05) is 0 Å². The SMILES string of the molecule is O=[C]OC(O)(O)c1ccccc1. The van der Waals surface area contributed by atoms with Crippen LogP contribution in [0, 0.1) is 0 Å². The van der Waals surface area contributed by atoms with Crippen LogP contribution >= 0.6 is 0 Å². The fourth-order valence-electron chi connectivity index (χ4n) is 0.772. The van der Waals surface area contributed by atoms with E-state index < -0.39 is 5.97 Å². The van der Waals surface area contributed by atoms with Crippen molar-refractivity contribution in [3.8, 4) is 0 Å². The molecule has 0 amide bonds. The maximum absolute atomic E-state index is 9.73. The molecule has 0 heterocycles. The summed E-state index contributed by atoms with van der Waals surface area (Å²) in [5.41, 5.74) is 0.0772. The number of hydrogen-bond acceptors (Lipinski definition) is 4. The van der Waals surface area contributed by atoms with Crippen molar-refractivity contribution in [3.63, 3.8) is 0 Å². The largest absolute Gasteiger partial charge is 0.422 e. The molecule has 0 unspecified atom stereocenters. The molecule has 0 aliphatic rings. The van der Waals surface area contributed by atoms with E-state index >= 15 is 0 Å². The molecule has 4 heteroatoms. The summed E-state index contributed by atoms with van der Waals surface area (Å²) in [4.78, 5) is 9.73. The van der Waals surface area contributed by atoms with Crippen LogP contribution in [0.1, 0.15) is 5.56 Å². The van der Waals surface area contributed by atoms with Gasteiger partial charge in [0.25, 0.3) is 0 Å². The molecule has 63 valence electrons. The Hall–Kier alpha value is -1.39. The molecule has 0 aliphatic heterocycles. The van der Waals surface area contributed by atoms with Crippen LogP contribution in [0.25, 0.3) is 0 Å². The lowest BCUT2D eigenvalue weighted by molar-refractivity contribution is -0.312. The van der Waals surface area contributed by atoms with Crippen molar-refractivity contribution in [1.82, 2.24) is 0 Å². The molecular weight excluding hydrogens is 160 g/mol. The van der Waals surface area contributed by atoms with Gasteiger partial charge in [-0.1, -0.05) is 18.2 Å². The van der Waals surface area contributed by atoms with Gasteiger partial charge in [-0.15, -0.1) is 0 Å². The van der Waals surface area contributed by atoms with Crippen LogP contribution in [0.3, 0.4) is 0 Å². The first kappa shape index (κ1) is 8.70. The van der Waals surface area contributed by atoms with Crippen LogP contribution in [-0.4, -0.2) is 16.7 Å². The molecule has 0 saturated carbocycles. The summed E-state index contributed by atoms with van der Waals surface area (Å²) in [6.07, 6.45) is 0. The van der Waals surface area contributed by atoms with Crippen LogP contribution in [0.15, 0.2) is 30.3 Å². The minimum Gasteiger partial charge on any atom is -0.395 e. The van der Waals surface area contributed by atoms with Gasteiger partial charge in [0.1, 0.15) is 0 Å². The second-order valence-electron chi connectivity index (χ2n) is 2.16. The van der Waals surface area contributed by atoms with Gasteiger partial charge in [-0.3, -0.25) is 0 Å². The summed E-state index contributed by atoms with van der Waals surface area (Å²) in [5.74, 6) is -2.58. The molecule has 0 bridgehead atoms. The average molecular weight is 167 g/mol. The Morgan fingerprint density at radius 1 is 1.25 bits per heavy atom. The number of hydrogen-bond donors (Lipinski definition) is 2. The molecule has 0 spiro atoms. The van der Waals surface area contributed by atoms with Gasteiger partial charge in [0, 0.05) is 0 Å². The smallest absolute Gasteiger partial charge is 0.395 e. The van der Waals surface area contributed by atoms with E-state index in [0.29, 0.717) is 0 Å². The van der Waals surface area contributed by atoms with Crippen molar-refractivity contribution in [2.24, 2.45) is 0 Å². The van der Waals surface area contributed by atoms with Crippen LogP contribution in [0.5, 0.6) is 0 Å². The molecule has 1 aromatic rings. The van der Waals surface area contributed by atoms with E-state index in [0.717, 1.165) is 6.47 Å². The summed E-state index contributed by atoms with van der Waals surface area (Å²) in [7, 11) is 0. The fourth-order valence-corrected chi connectivity index (χ4v) is 0.772. The summed E-state index contributed by atoms with van der Waals surface area (Å²) < 4.78 is 3.92. The lowest BCUT2D eigenvalue weighted by Crippen LogP contribution is -2.28. The van der Waals surface area contributed by atoms with Crippen LogP contribution in [-0.2, 0) is 15.5 Å². The van der Waals surface area contributed by atoms with Crippen LogP contribution in [0.2, 0.25) is 0 Å². The normalized spacial score (nSPS) is 10.8. The van der Waals surface area contributed by atoms with E-state index in [-0.39, 0.29) is 5.56 Å². The molecular formula is C8H7O4. The molecule has 0 saturated heterocycles. The Morgan fingerprint density at radius 3 is 2.33 bits per heavy atom. The van der Waals surface area contributed by atoms with Gasteiger partial charge in [0.2, 0.25) is 0 Å². The van der Waals surface area contributed by atoms with Gasteiger partial charge < -0.3 is 14.9 Å². The Balaban J connectivity index is 2.89. The highest BCUT2D eigenvalue weighted by Gasteiger charge is 2.27. The fraction of sp³-hybridized carbons (Fsp3) is 0.125. The van der Waals surface area contributed by atoms with Gasteiger partial charge >= 0.3 is 12.4 Å². The molecule has 0 fully saturated rings. The third-order valence-corrected chi connectivity index (χ3v) is 1.33. The molecule has 1 radical (unpaired) electrons. The first-order valence-corrected chi connectivity index (χ1v) is 3.22. The molecule has 1 rings (SSSR count). The van der Waals surface area contributed by atoms with Crippen LogP contribution < -0.4 is 0 Å². The summed E-state index contributed by atoms with van der Waals surface area (Å²) in [6.45, 7) is 0.956. The number of ether oxygens (including phenoxy) is 1. The quantitative estimate of drug-likeness (QED) is 0.615. The molecule has 1 aromatic carbocycles. The van der Waals surface area contributed by atoms with Crippen molar-refractivity contribution in [1.29, 1.82) is 0 Å². The Kier molecular flexibility index (Phi) is 2.42. The highest BCUT2D eigenvalue weighted by molar-refractivity contribution is 5.39. The molecule has 0 atom stereocenters. The Bertz CT molecular complexity index is 255. The van der Waals surface area contributed by atoms with E-state index in [9.17, 15) is 4.79 Å². The third-order valence-electron chi connectivity index (χ3n) is 1.33. The van der Waals surface area contributed by atoms with Crippen molar-refractivity contribution in [3.05, 3.63) is 35.9 Å². The monoisotopic (exact) mass is 167 g/mol. The lowest BCUT2D eigenvalue weighted by atomic mass is 10.2. The number of carbonyl (C=O) groups excluding carboxylic acids is 1. The standard InChI is InChI=1S/C8H7O4/c9-6-12-8(10,11)7-4-2-1-3-5-7/h1-5,10-11H. The molecule has 0 aromatic heterocycles. The van der Waals surface area contributed by atoms with E-state index in [1.54, 1.807) is 18.2 Å². The minimum absolute atomic E-state index is 0.0772. The summed E-state index contributed by atoms with van der Waals surface area (Å²) in [6, 6.07) is 7.70. The summed E-state index contributed by atoms with van der Waals surface area (Å²) in [5, 5.41) is 18.1. The number of aliphatic hydroxyl groups is 2. The van der Waals surface area contributed by atoms with Gasteiger partial charge in [-0.25, -0.2) is 4.79 Å². The maximum Gasteiger partial charge on any atom is 0.422 e. The van der Waals surface area contributed by atoms with Crippen LogP contribution in [0.4, 0.5) is 0 Å². The van der Waals surface area contributed by atoms with Gasteiger partial charge in [-0.2, -0.15) is 0 Å². The van der Waals surface area contributed by atoms with Crippen molar-refractivity contribution < 1.29 is 19.7 Å². The van der Waals surface area contributed by atoms with Gasteiger partial charge in [0.15, 0.2) is 0 Å². The summed E-state index contributed by atoms with van der Waals surface area (Å²) >= 11 is 0. The van der Waals surface area contributed by atoms with Crippen molar-refractivity contribution in [2.75, 3.05) is 0 Å². The lowest BCUT2D eigenvalue weighted by Gasteiger charge is -2.17. The third kappa shape index (κ3) is 1.81. The molecule has 2 N–H and O–H groups in total. The van der Waals surface area contributed by atoms with Gasteiger partial charge in [-0.05, 0) is 12.1 Å². The zero-order valence-corrected chi connectivity index (χ0v) is 6.10. The second-order valence-corrected chi connectivity index (χ2v) is 2.16. The first-order valence-electron chi connectivity index (χ1n) is 3.22. The Labute approximate surface area is 69.0 Å².